The lowest BCUT2D eigenvalue weighted by Crippen LogP contribution is -2.49. The van der Waals surface area contributed by atoms with Crippen LogP contribution in [0.25, 0.3) is 0 Å². The number of nitrogens with one attached hydrogen (secondary N) is 1. The van der Waals surface area contributed by atoms with E-state index in [4.69, 9.17) is 27.2 Å². The summed E-state index contributed by atoms with van der Waals surface area (Å²) in [5.74, 6) is 0.743. The first-order chi connectivity index (χ1) is 18.2. The smallest absolute Gasteiger partial charge is 0.404 e. The van der Waals surface area contributed by atoms with Gasteiger partial charge in [0, 0.05) is 43.1 Å². The van der Waals surface area contributed by atoms with E-state index in [0.717, 1.165) is 24.8 Å². The van der Waals surface area contributed by atoms with Crippen molar-refractivity contribution >= 4 is 23.6 Å². The molecule has 4 rings (SSSR count). The van der Waals surface area contributed by atoms with Crippen LogP contribution in [0.15, 0.2) is 42.5 Å². The summed E-state index contributed by atoms with van der Waals surface area (Å²) >= 11 is 6.64. The Morgan fingerprint density at radius 3 is 2.71 bits per heavy atom. The third-order valence-electron chi connectivity index (χ3n) is 7.88. The van der Waals surface area contributed by atoms with E-state index in [9.17, 15) is 14.7 Å². The monoisotopic (exact) mass is 543 g/mol. The van der Waals surface area contributed by atoms with Crippen LogP contribution in [0.2, 0.25) is 5.02 Å². The lowest BCUT2D eigenvalue weighted by Gasteiger charge is -2.44. The van der Waals surface area contributed by atoms with Crippen molar-refractivity contribution in [3.05, 3.63) is 58.6 Å². The molecule has 1 saturated carbocycles. The molecule has 2 aromatic carbocycles. The zero-order valence-corrected chi connectivity index (χ0v) is 22.6. The van der Waals surface area contributed by atoms with Crippen LogP contribution < -0.4 is 15.8 Å². The number of aliphatic hydroxyl groups is 1. The van der Waals surface area contributed by atoms with Crippen molar-refractivity contribution in [2.45, 2.75) is 63.5 Å². The maximum atomic E-state index is 13.4. The van der Waals surface area contributed by atoms with Crippen molar-refractivity contribution in [1.82, 2.24) is 10.2 Å². The molecule has 8 nitrogen and oxygen atoms in total. The molecule has 1 saturated heterocycles. The van der Waals surface area contributed by atoms with Gasteiger partial charge >= 0.3 is 6.09 Å². The molecule has 9 heteroatoms. The first kappa shape index (κ1) is 28.2. The number of ether oxygens (including phenoxy) is 1. The lowest BCUT2D eigenvalue weighted by atomic mass is 9.73. The van der Waals surface area contributed by atoms with Gasteiger partial charge in [-0.15, -0.1) is 0 Å². The Balaban J connectivity index is 1.65. The van der Waals surface area contributed by atoms with E-state index in [1.165, 1.54) is 0 Å². The van der Waals surface area contributed by atoms with E-state index >= 15 is 0 Å². The summed E-state index contributed by atoms with van der Waals surface area (Å²) in [7, 11) is 0. The molecular weight excluding hydrogens is 506 g/mol. The topological polar surface area (TPSA) is 125 Å². The summed E-state index contributed by atoms with van der Waals surface area (Å²) in [6, 6.07) is 13.0. The molecule has 0 bridgehead atoms. The van der Waals surface area contributed by atoms with Crippen molar-refractivity contribution < 1.29 is 24.5 Å². The molecule has 4 atom stereocenters. The van der Waals surface area contributed by atoms with Crippen LogP contribution in [0.4, 0.5) is 4.79 Å². The second-order valence-electron chi connectivity index (χ2n) is 10.7. The molecule has 206 valence electrons. The van der Waals surface area contributed by atoms with Crippen LogP contribution in [0, 0.1) is 18.8 Å². The summed E-state index contributed by atoms with van der Waals surface area (Å²) in [5, 5.41) is 24.2. The third kappa shape index (κ3) is 6.60. The SMILES string of the molecule is Cc1cccc(Oc2c(Cl)cccc2[C@](O)(CCCNC(=O)O)[C@@H]2CCCN(C(=O)[C@@H]3CC[C@H](N)C3)C2)c1. The van der Waals surface area contributed by atoms with Crippen molar-refractivity contribution in [2.24, 2.45) is 17.6 Å². The number of aryl methyl sites for hydroxylation is 1. The number of likely N-dealkylation sites (tertiary alicyclic amines) is 1. The third-order valence-corrected chi connectivity index (χ3v) is 8.18. The number of carboxylic acid groups (broad SMARTS) is 1. The molecule has 1 aliphatic heterocycles. The molecule has 2 aliphatic rings. The van der Waals surface area contributed by atoms with Crippen molar-refractivity contribution in [1.29, 1.82) is 0 Å². The number of piperidine rings is 1. The van der Waals surface area contributed by atoms with E-state index in [2.05, 4.69) is 5.32 Å². The van der Waals surface area contributed by atoms with Crippen molar-refractivity contribution in [3.63, 3.8) is 0 Å². The molecule has 1 heterocycles. The minimum absolute atomic E-state index is 0.0657. The first-order valence-electron chi connectivity index (χ1n) is 13.4. The zero-order chi connectivity index (χ0) is 27.3. The summed E-state index contributed by atoms with van der Waals surface area (Å²) in [4.78, 5) is 26.3. The van der Waals surface area contributed by atoms with Gasteiger partial charge in [0.05, 0.1) is 10.6 Å². The highest BCUT2D eigenvalue weighted by molar-refractivity contribution is 6.32. The average molecular weight is 544 g/mol. The fraction of sp³-hybridized carbons (Fsp3) is 0.517. The Hall–Kier alpha value is -2.81. The van der Waals surface area contributed by atoms with Gasteiger partial charge in [0.15, 0.2) is 5.75 Å². The highest BCUT2D eigenvalue weighted by atomic mass is 35.5. The number of hydrogen-bond donors (Lipinski definition) is 4. The summed E-state index contributed by atoms with van der Waals surface area (Å²) in [6.07, 6.45) is 3.41. The van der Waals surface area contributed by atoms with Crippen molar-refractivity contribution in [3.8, 4) is 11.5 Å². The number of nitrogens with two attached hydrogens (primary N) is 1. The largest absolute Gasteiger partial charge is 0.465 e. The maximum absolute atomic E-state index is 13.4. The minimum Gasteiger partial charge on any atom is -0.465 e. The molecule has 0 spiro atoms. The Kier molecular flexibility index (Phi) is 9.18. The number of carbonyl (C=O) groups is 2. The fourth-order valence-electron chi connectivity index (χ4n) is 5.93. The average Bonchev–Trinajstić information content (AvgIpc) is 3.33. The number of nitrogens with zero attached hydrogens (tertiary/aromatic N) is 1. The van der Waals surface area contributed by atoms with Gasteiger partial charge in [0.2, 0.25) is 5.91 Å². The molecular formula is C29H38ClN3O5. The van der Waals surface area contributed by atoms with Crippen LogP contribution in [0.5, 0.6) is 11.5 Å². The number of para-hydroxylation sites is 1. The van der Waals surface area contributed by atoms with Crippen LogP contribution in [-0.4, -0.2) is 52.8 Å². The highest BCUT2D eigenvalue weighted by Crippen LogP contribution is 2.46. The van der Waals surface area contributed by atoms with E-state index < -0.39 is 11.7 Å². The fourth-order valence-corrected chi connectivity index (χ4v) is 6.14. The molecule has 0 aromatic heterocycles. The van der Waals surface area contributed by atoms with Crippen LogP contribution in [-0.2, 0) is 10.4 Å². The molecule has 2 aromatic rings. The van der Waals surface area contributed by atoms with Crippen LogP contribution in [0.1, 0.15) is 56.1 Å². The normalized spacial score (nSPS) is 23.1. The van der Waals surface area contributed by atoms with Gasteiger partial charge in [0.1, 0.15) is 5.75 Å². The summed E-state index contributed by atoms with van der Waals surface area (Å²) in [5.41, 5.74) is 6.25. The van der Waals surface area contributed by atoms with Gasteiger partial charge in [0.25, 0.3) is 0 Å². The molecule has 5 N–H and O–H groups in total. The Morgan fingerprint density at radius 2 is 2.00 bits per heavy atom. The van der Waals surface area contributed by atoms with Crippen molar-refractivity contribution in [2.75, 3.05) is 19.6 Å². The summed E-state index contributed by atoms with van der Waals surface area (Å²) < 4.78 is 6.27. The van der Waals surface area contributed by atoms with E-state index in [0.29, 0.717) is 54.4 Å². The van der Waals surface area contributed by atoms with Gasteiger partial charge in [-0.2, -0.15) is 0 Å². The van der Waals surface area contributed by atoms with Gasteiger partial charge in [-0.3, -0.25) is 4.79 Å². The van der Waals surface area contributed by atoms with Gasteiger partial charge in [-0.1, -0.05) is 35.9 Å². The van der Waals surface area contributed by atoms with E-state index in [-0.39, 0.29) is 36.8 Å². The van der Waals surface area contributed by atoms with Gasteiger partial charge < -0.3 is 30.9 Å². The number of hydrogen-bond acceptors (Lipinski definition) is 5. The molecule has 2 amide bonds. The molecule has 1 aliphatic carbocycles. The Bertz CT molecular complexity index is 1140. The quantitative estimate of drug-likeness (QED) is 0.328. The second-order valence-corrected chi connectivity index (χ2v) is 11.1. The van der Waals surface area contributed by atoms with E-state index in [1.807, 2.05) is 42.2 Å². The Morgan fingerprint density at radius 1 is 1.21 bits per heavy atom. The molecule has 2 fully saturated rings. The standard InChI is InChI=1S/C29H38ClN3O5/c1-19-6-2-8-23(16-19)38-26-24(9-3-10-25(26)30)29(37,13-5-14-32-28(35)36)21-7-4-15-33(18-21)27(34)20-11-12-22(31)17-20/h2-3,6,8-10,16,20-22,32,37H,4-5,7,11-15,17-18,31H2,1H3,(H,35,36)/t20-,21-,22+,29+/m1/s1. The van der Waals surface area contributed by atoms with E-state index in [1.54, 1.807) is 12.1 Å². The number of rotatable bonds is 9. The zero-order valence-electron chi connectivity index (χ0n) is 21.9. The molecule has 0 radical (unpaired) electrons. The lowest BCUT2D eigenvalue weighted by molar-refractivity contribution is -0.141. The molecule has 0 unspecified atom stereocenters. The predicted octanol–water partition coefficient (Wildman–Crippen LogP) is 5.04. The molecule has 38 heavy (non-hydrogen) atoms. The minimum atomic E-state index is -1.39. The highest BCUT2D eigenvalue weighted by Gasteiger charge is 2.44. The van der Waals surface area contributed by atoms with Crippen LogP contribution in [0.3, 0.4) is 0 Å². The Labute approximate surface area is 229 Å². The number of benzene rings is 2. The maximum Gasteiger partial charge on any atom is 0.404 e. The second kappa shape index (κ2) is 12.4. The van der Waals surface area contributed by atoms with Gasteiger partial charge in [-0.05, 0) is 75.6 Å². The van der Waals surface area contributed by atoms with Gasteiger partial charge in [-0.25, -0.2) is 4.79 Å². The number of carbonyl (C=O) groups excluding carboxylic acids is 1. The predicted molar refractivity (Wildman–Crippen MR) is 146 cm³/mol. The summed E-state index contributed by atoms with van der Waals surface area (Å²) in [6.45, 7) is 3.22. The number of halogens is 1. The first-order valence-corrected chi connectivity index (χ1v) is 13.8. The number of amides is 2. The van der Waals surface area contributed by atoms with Crippen LogP contribution >= 0.6 is 11.6 Å².